The summed E-state index contributed by atoms with van der Waals surface area (Å²) < 4.78 is 16.7. The van der Waals surface area contributed by atoms with Crippen LogP contribution in [0.2, 0.25) is 0 Å². The number of aliphatic imine (C=N–C) groups is 1. The lowest BCUT2D eigenvalue weighted by atomic mass is 10.2. The van der Waals surface area contributed by atoms with E-state index >= 15 is 0 Å². The average molecular weight is 476 g/mol. The standard InChI is InChI=1S/C18H28N4O3.HI/c19-18(20-5-1-6-22-7-11-23-12-8-22)21-14-15-3-4-16-17(13-15)25-10-2-9-24-16;/h3-4,13H,1-2,5-12,14H2,(H3,19,20,21);1H. The van der Waals surface area contributed by atoms with Crippen LogP contribution in [0.1, 0.15) is 18.4 Å². The van der Waals surface area contributed by atoms with Gasteiger partial charge in [-0.2, -0.15) is 0 Å². The van der Waals surface area contributed by atoms with Crippen molar-refractivity contribution >= 4 is 29.9 Å². The summed E-state index contributed by atoms with van der Waals surface area (Å²) >= 11 is 0. The molecule has 1 aromatic carbocycles. The van der Waals surface area contributed by atoms with Crippen molar-refractivity contribution in [2.45, 2.75) is 19.4 Å². The van der Waals surface area contributed by atoms with Crippen molar-refractivity contribution in [3.63, 3.8) is 0 Å². The number of nitrogens with two attached hydrogens (primary N) is 1. The molecule has 2 aliphatic heterocycles. The highest BCUT2D eigenvalue weighted by Gasteiger charge is 2.11. The van der Waals surface area contributed by atoms with Crippen molar-refractivity contribution in [1.29, 1.82) is 0 Å². The Kier molecular flexibility index (Phi) is 9.27. The number of nitrogens with zero attached hydrogens (tertiary/aromatic N) is 2. The first-order chi connectivity index (χ1) is 12.3. The van der Waals surface area contributed by atoms with Crippen molar-refractivity contribution in [2.24, 2.45) is 10.7 Å². The van der Waals surface area contributed by atoms with Crippen LogP contribution in [0.3, 0.4) is 0 Å². The van der Waals surface area contributed by atoms with E-state index in [4.69, 9.17) is 19.9 Å². The number of hydrogen-bond acceptors (Lipinski definition) is 5. The van der Waals surface area contributed by atoms with Gasteiger partial charge in [-0.05, 0) is 30.7 Å². The molecule has 0 aromatic heterocycles. The number of guanidine groups is 1. The van der Waals surface area contributed by atoms with Crippen LogP contribution in [0, 0.1) is 0 Å². The maximum atomic E-state index is 5.95. The molecule has 1 fully saturated rings. The lowest BCUT2D eigenvalue weighted by molar-refractivity contribution is 0.0376. The summed E-state index contributed by atoms with van der Waals surface area (Å²) in [5, 5.41) is 3.18. The maximum absolute atomic E-state index is 5.95. The molecule has 0 aliphatic carbocycles. The highest BCUT2D eigenvalue weighted by molar-refractivity contribution is 14.0. The summed E-state index contributed by atoms with van der Waals surface area (Å²) in [6, 6.07) is 5.93. The first kappa shape index (κ1) is 21.0. The molecule has 7 nitrogen and oxygen atoms in total. The fraction of sp³-hybridized carbons (Fsp3) is 0.611. The van der Waals surface area contributed by atoms with E-state index in [0.29, 0.717) is 25.7 Å². The second-order valence-corrected chi connectivity index (χ2v) is 6.27. The van der Waals surface area contributed by atoms with E-state index in [0.717, 1.165) is 69.3 Å². The monoisotopic (exact) mass is 476 g/mol. The van der Waals surface area contributed by atoms with E-state index < -0.39 is 0 Å². The number of ether oxygens (including phenoxy) is 3. The number of fused-ring (bicyclic) bond motifs is 1. The Balaban J connectivity index is 0.00000243. The molecular weight excluding hydrogens is 447 g/mol. The van der Waals surface area contributed by atoms with Crippen molar-refractivity contribution < 1.29 is 14.2 Å². The van der Waals surface area contributed by atoms with Gasteiger partial charge in [0.25, 0.3) is 0 Å². The Bertz CT molecular complexity index is 580. The summed E-state index contributed by atoms with van der Waals surface area (Å²) in [5.41, 5.74) is 7.01. The van der Waals surface area contributed by atoms with Crippen molar-refractivity contribution in [3.8, 4) is 11.5 Å². The Hall–Kier alpha value is -1.26. The van der Waals surface area contributed by atoms with Crippen LogP contribution in [0.4, 0.5) is 0 Å². The molecule has 26 heavy (non-hydrogen) atoms. The number of rotatable bonds is 6. The zero-order valence-corrected chi connectivity index (χ0v) is 17.4. The predicted octanol–water partition coefficient (Wildman–Crippen LogP) is 1.59. The Morgan fingerprint density at radius 3 is 2.69 bits per heavy atom. The highest BCUT2D eigenvalue weighted by atomic mass is 127. The molecule has 0 atom stereocenters. The van der Waals surface area contributed by atoms with Crippen LogP contribution in [0.25, 0.3) is 0 Å². The van der Waals surface area contributed by atoms with Crippen LogP contribution in [0.15, 0.2) is 23.2 Å². The molecular formula is C18H29IN4O3. The molecule has 0 bridgehead atoms. The Morgan fingerprint density at radius 1 is 1.12 bits per heavy atom. The van der Waals surface area contributed by atoms with Gasteiger partial charge in [0.15, 0.2) is 17.5 Å². The van der Waals surface area contributed by atoms with Gasteiger partial charge in [-0.1, -0.05) is 6.07 Å². The van der Waals surface area contributed by atoms with Gasteiger partial charge in [0, 0.05) is 26.1 Å². The normalized spacial score (nSPS) is 17.9. The second-order valence-electron chi connectivity index (χ2n) is 6.27. The van der Waals surface area contributed by atoms with Gasteiger partial charge in [-0.25, -0.2) is 4.99 Å². The zero-order valence-electron chi connectivity index (χ0n) is 15.1. The largest absolute Gasteiger partial charge is 0.490 e. The maximum Gasteiger partial charge on any atom is 0.188 e. The minimum absolute atomic E-state index is 0. The highest BCUT2D eigenvalue weighted by Crippen LogP contribution is 2.30. The van der Waals surface area contributed by atoms with Crippen LogP contribution in [-0.4, -0.2) is 63.5 Å². The third-order valence-electron chi connectivity index (χ3n) is 4.30. The number of benzene rings is 1. The van der Waals surface area contributed by atoms with E-state index in [1.807, 2.05) is 18.2 Å². The van der Waals surface area contributed by atoms with Crippen LogP contribution in [0.5, 0.6) is 11.5 Å². The first-order valence-corrected chi connectivity index (χ1v) is 9.04. The van der Waals surface area contributed by atoms with Crippen molar-refractivity contribution in [2.75, 3.05) is 52.6 Å². The molecule has 0 unspecified atom stereocenters. The Labute approximate surface area is 172 Å². The number of morpholine rings is 1. The fourth-order valence-corrected chi connectivity index (χ4v) is 2.88. The molecule has 0 saturated carbocycles. The summed E-state index contributed by atoms with van der Waals surface area (Å²) in [6.45, 7) is 7.53. The molecule has 2 aliphatic rings. The van der Waals surface area contributed by atoms with Crippen molar-refractivity contribution in [3.05, 3.63) is 23.8 Å². The summed E-state index contributed by atoms with van der Waals surface area (Å²) in [7, 11) is 0. The van der Waals surface area contributed by atoms with E-state index in [9.17, 15) is 0 Å². The molecule has 1 saturated heterocycles. The summed E-state index contributed by atoms with van der Waals surface area (Å²) in [6.07, 6.45) is 1.95. The van der Waals surface area contributed by atoms with Crippen LogP contribution in [-0.2, 0) is 11.3 Å². The SMILES string of the molecule is I.NC(=NCc1ccc2c(c1)OCCCO2)NCCCN1CCOCC1. The van der Waals surface area contributed by atoms with Gasteiger partial charge in [0.1, 0.15) is 0 Å². The number of halogens is 1. The number of hydrogen-bond donors (Lipinski definition) is 2. The van der Waals surface area contributed by atoms with Gasteiger partial charge in [0.05, 0.1) is 33.0 Å². The average Bonchev–Trinajstić information content (AvgIpc) is 2.89. The van der Waals surface area contributed by atoms with Gasteiger partial charge in [0.2, 0.25) is 0 Å². The molecule has 146 valence electrons. The molecule has 0 amide bonds. The summed E-state index contributed by atoms with van der Waals surface area (Å²) in [4.78, 5) is 6.82. The van der Waals surface area contributed by atoms with E-state index in [2.05, 4.69) is 15.2 Å². The minimum Gasteiger partial charge on any atom is -0.490 e. The molecule has 3 rings (SSSR count). The van der Waals surface area contributed by atoms with E-state index in [-0.39, 0.29) is 24.0 Å². The van der Waals surface area contributed by atoms with Crippen molar-refractivity contribution in [1.82, 2.24) is 10.2 Å². The smallest absolute Gasteiger partial charge is 0.188 e. The quantitative estimate of drug-likeness (QED) is 0.281. The van der Waals surface area contributed by atoms with E-state index in [1.54, 1.807) is 0 Å². The molecule has 0 radical (unpaired) electrons. The first-order valence-electron chi connectivity index (χ1n) is 9.04. The minimum atomic E-state index is 0. The van der Waals surface area contributed by atoms with Gasteiger partial charge in [-0.15, -0.1) is 24.0 Å². The topological polar surface area (TPSA) is 81.3 Å². The fourth-order valence-electron chi connectivity index (χ4n) is 2.88. The molecule has 8 heteroatoms. The van der Waals surface area contributed by atoms with Gasteiger partial charge in [-0.3, -0.25) is 4.90 Å². The molecule has 3 N–H and O–H groups in total. The summed E-state index contributed by atoms with van der Waals surface area (Å²) in [5.74, 6) is 2.08. The molecule has 0 spiro atoms. The third kappa shape index (κ3) is 6.81. The van der Waals surface area contributed by atoms with Crippen LogP contribution < -0.4 is 20.5 Å². The Morgan fingerprint density at radius 2 is 1.88 bits per heavy atom. The predicted molar refractivity (Wildman–Crippen MR) is 113 cm³/mol. The number of nitrogens with one attached hydrogen (secondary N) is 1. The lowest BCUT2D eigenvalue weighted by Gasteiger charge is -2.26. The molecule has 2 heterocycles. The van der Waals surface area contributed by atoms with Gasteiger partial charge < -0.3 is 25.3 Å². The zero-order chi connectivity index (χ0) is 17.3. The second kappa shape index (κ2) is 11.5. The van der Waals surface area contributed by atoms with E-state index in [1.165, 1.54) is 0 Å². The molecule has 1 aromatic rings. The van der Waals surface area contributed by atoms with Gasteiger partial charge >= 0.3 is 0 Å². The lowest BCUT2D eigenvalue weighted by Crippen LogP contribution is -2.39. The van der Waals surface area contributed by atoms with Crippen LogP contribution >= 0.6 is 24.0 Å². The third-order valence-corrected chi connectivity index (χ3v) is 4.30.